The van der Waals surface area contributed by atoms with Gasteiger partial charge in [0.2, 0.25) is 11.8 Å². The molecule has 2 aliphatic heterocycles. The molecule has 6 heterocycles. The van der Waals surface area contributed by atoms with E-state index in [2.05, 4.69) is 26.0 Å². The van der Waals surface area contributed by atoms with E-state index in [1.54, 1.807) is 24.0 Å². The minimum Gasteiger partial charge on any atom is -0.480 e. The summed E-state index contributed by atoms with van der Waals surface area (Å²) in [5.74, 6) is 1.82. The number of hydrogen-bond acceptors (Lipinski definition) is 8. The Morgan fingerprint density at radius 1 is 1.15 bits per heavy atom. The molecule has 2 fully saturated rings. The fraction of sp³-hybridized carbons (Fsp3) is 0.367. The van der Waals surface area contributed by atoms with Gasteiger partial charge in [-0.15, -0.1) is 0 Å². The van der Waals surface area contributed by atoms with Gasteiger partial charge in [0.15, 0.2) is 5.65 Å². The summed E-state index contributed by atoms with van der Waals surface area (Å²) in [5.41, 5.74) is 4.03. The van der Waals surface area contributed by atoms with Crippen LogP contribution >= 0.6 is 0 Å². The number of aromatic amines is 1. The number of benzene rings is 1. The van der Waals surface area contributed by atoms with E-state index in [9.17, 15) is 4.79 Å². The van der Waals surface area contributed by atoms with E-state index in [1.807, 2.05) is 47.5 Å². The number of fused-ring (bicyclic) bond motifs is 2. The monoisotopic (exact) mass is 552 g/mol. The molecule has 7 rings (SSSR count). The standard InChI is InChI=1S/C30H32N8O3/c1-40-30-23(14-21-4-2-3-5-24(21)35-30)25-16-32-29(34-25)26-18-36(17-20-8-13-41-19-20)11-12-37(26)28(39)15-22-6-9-31-27-7-10-33-38(22)27/h2-7,9-10,14,16,20,26H,8,11-13,15,17-19H2,1H3,(H,32,34). The predicted molar refractivity (Wildman–Crippen MR) is 152 cm³/mol. The number of para-hydroxylation sites is 1. The third-order valence-electron chi connectivity index (χ3n) is 8.11. The lowest BCUT2D eigenvalue weighted by atomic mass is 10.1. The highest BCUT2D eigenvalue weighted by atomic mass is 16.5. The maximum absolute atomic E-state index is 13.8. The third-order valence-corrected chi connectivity index (χ3v) is 8.11. The first kappa shape index (κ1) is 25.6. The summed E-state index contributed by atoms with van der Waals surface area (Å²) < 4.78 is 13.0. The fourth-order valence-corrected chi connectivity index (χ4v) is 6.00. The highest BCUT2D eigenvalue weighted by Crippen LogP contribution is 2.33. The van der Waals surface area contributed by atoms with Crippen molar-refractivity contribution in [3.8, 4) is 17.1 Å². The van der Waals surface area contributed by atoms with Crippen molar-refractivity contribution in [2.24, 2.45) is 5.92 Å². The van der Waals surface area contributed by atoms with Crippen LogP contribution in [0.2, 0.25) is 0 Å². The molecule has 4 aromatic heterocycles. The number of nitrogens with one attached hydrogen (secondary N) is 1. The Morgan fingerprint density at radius 3 is 2.95 bits per heavy atom. The van der Waals surface area contributed by atoms with Crippen LogP contribution in [-0.4, -0.2) is 91.8 Å². The minimum atomic E-state index is -0.235. The van der Waals surface area contributed by atoms with Crippen LogP contribution in [0.1, 0.15) is 24.0 Å². The van der Waals surface area contributed by atoms with Crippen molar-refractivity contribution in [1.82, 2.24) is 39.3 Å². The zero-order chi connectivity index (χ0) is 27.8. The van der Waals surface area contributed by atoms with Gasteiger partial charge in [-0.1, -0.05) is 18.2 Å². The lowest BCUT2D eigenvalue weighted by Crippen LogP contribution is -2.52. The van der Waals surface area contributed by atoms with E-state index in [4.69, 9.17) is 19.4 Å². The molecule has 0 radical (unpaired) electrons. The molecular formula is C30H32N8O3. The number of hydrogen-bond donors (Lipinski definition) is 1. The first-order chi connectivity index (χ1) is 20.2. The quantitative estimate of drug-likeness (QED) is 0.328. The van der Waals surface area contributed by atoms with Gasteiger partial charge < -0.3 is 19.4 Å². The van der Waals surface area contributed by atoms with Crippen LogP contribution in [0.25, 0.3) is 27.8 Å². The van der Waals surface area contributed by atoms with Crippen LogP contribution in [-0.2, 0) is 16.0 Å². The molecule has 11 heteroatoms. The average molecular weight is 553 g/mol. The van der Waals surface area contributed by atoms with Crippen molar-refractivity contribution in [2.75, 3.05) is 46.5 Å². The predicted octanol–water partition coefficient (Wildman–Crippen LogP) is 3.14. The Morgan fingerprint density at radius 2 is 2.07 bits per heavy atom. The van der Waals surface area contributed by atoms with Crippen LogP contribution in [0.15, 0.2) is 61.1 Å². The smallest absolute Gasteiger partial charge is 0.229 e. The molecule has 11 nitrogen and oxygen atoms in total. The summed E-state index contributed by atoms with van der Waals surface area (Å²) in [5, 5.41) is 5.38. The Labute approximate surface area is 237 Å². The molecule has 0 saturated carbocycles. The van der Waals surface area contributed by atoms with Crippen LogP contribution in [0.3, 0.4) is 0 Å². The van der Waals surface area contributed by atoms with Gasteiger partial charge in [0, 0.05) is 50.4 Å². The van der Waals surface area contributed by atoms with Gasteiger partial charge in [-0.3, -0.25) is 9.69 Å². The van der Waals surface area contributed by atoms with Crippen LogP contribution in [0.4, 0.5) is 0 Å². The van der Waals surface area contributed by atoms with Gasteiger partial charge in [-0.05, 0) is 30.5 Å². The summed E-state index contributed by atoms with van der Waals surface area (Å²) in [6, 6.07) is 13.5. The van der Waals surface area contributed by atoms with Crippen LogP contribution < -0.4 is 4.74 Å². The molecule has 5 aromatic rings. The highest BCUT2D eigenvalue weighted by molar-refractivity contribution is 5.85. The molecule has 1 amide bonds. The Balaban J connectivity index is 1.20. The Bertz CT molecular complexity index is 1690. The van der Waals surface area contributed by atoms with Crippen molar-refractivity contribution in [2.45, 2.75) is 18.9 Å². The maximum Gasteiger partial charge on any atom is 0.229 e. The van der Waals surface area contributed by atoms with Gasteiger partial charge in [0.1, 0.15) is 11.9 Å². The van der Waals surface area contributed by atoms with E-state index < -0.39 is 0 Å². The van der Waals surface area contributed by atoms with Gasteiger partial charge >= 0.3 is 0 Å². The fourth-order valence-electron chi connectivity index (χ4n) is 6.00. The molecule has 1 N–H and O–H groups in total. The minimum absolute atomic E-state index is 0.0322. The molecule has 41 heavy (non-hydrogen) atoms. The second kappa shape index (κ2) is 10.9. The maximum atomic E-state index is 13.8. The van der Waals surface area contributed by atoms with Crippen molar-refractivity contribution < 1.29 is 14.3 Å². The zero-order valence-corrected chi connectivity index (χ0v) is 22.9. The molecule has 2 unspecified atom stereocenters. The van der Waals surface area contributed by atoms with Crippen LogP contribution in [0.5, 0.6) is 5.88 Å². The molecule has 0 aliphatic carbocycles. The number of nitrogens with zero attached hydrogens (tertiary/aromatic N) is 7. The SMILES string of the molecule is COc1nc2ccccc2cc1-c1cnc(C2CN(CC3CCOC3)CCN2C(=O)Cc2ccnc3ccnn23)[nH]1. The Kier molecular flexibility index (Phi) is 6.81. The van der Waals surface area contributed by atoms with Crippen LogP contribution in [0, 0.1) is 5.92 Å². The number of rotatable bonds is 7. The van der Waals surface area contributed by atoms with Crippen molar-refractivity contribution >= 4 is 22.5 Å². The molecular weight excluding hydrogens is 520 g/mol. The number of H-pyrrole nitrogens is 1. The number of carbonyl (C=O) groups excluding carboxylic acids is 1. The molecule has 0 spiro atoms. The van der Waals surface area contributed by atoms with E-state index in [1.165, 1.54) is 0 Å². The second-order valence-electron chi connectivity index (χ2n) is 10.7. The van der Waals surface area contributed by atoms with Gasteiger partial charge in [-0.25, -0.2) is 19.5 Å². The molecule has 210 valence electrons. The van der Waals surface area contributed by atoms with E-state index in [0.29, 0.717) is 24.9 Å². The largest absolute Gasteiger partial charge is 0.480 e. The van der Waals surface area contributed by atoms with E-state index >= 15 is 0 Å². The first-order valence-electron chi connectivity index (χ1n) is 14.0. The molecule has 2 aliphatic rings. The second-order valence-corrected chi connectivity index (χ2v) is 10.7. The number of imidazole rings is 1. The number of amides is 1. The topological polar surface area (TPSA) is 114 Å². The number of carbonyl (C=O) groups is 1. The van der Waals surface area contributed by atoms with E-state index in [0.717, 1.165) is 72.0 Å². The zero-order valence-electron chi connectivity index (χ0n) is 22.9. The lowest BCUT2D eigenvalue weighted by Gasteiger charge is -2.41. The van der Waals surface area contributed by atoms with Crippen molar-refractivity contribution in [3.63, 3.8) is 0 Å². The van der Waals surface area contributed by atoms with Gasteiger partial charge in [-0.2, -0.15) is 5.10 Å². The number of ether oxygens (including phenoxy) is 2. The van der Waals surface area contributed by atoms with Crippen molar-refractivity contribution in [3.05, 3.63) is 72.6 Å². The van der Waals surface area contributed by atoms with E-state index in [-0.39, 0.29) is 18.4 Å². The highest BCUT2D eigenvalue weighted by Gasteiger charge is 2.35. The molecule has 0 bridgehead atoms. The summed E-state index contributed by atoms with van der Waals surface area (Å²) >= 11 is 0. The lowest BCUT2D eigenvalue weighted by molar-refractivity contribution is -0.136. The first-order valence-corrected chi connectivity index (χ1v) is 14.0. The van der Waals surface area contributed by atoms with Gasteiger partial charge in [0.25, 0.3) is 0 Å². The average Bonchev–Trinajstić information content (AvgIpc) is 3.79. The molecule has 2 atom stereocenters. The summed E-state index contributed by atoms with van der Waals surface area (Å²) in [7, 11) is 1.62. The summed E-state index contributed by atoms with van der Waals surface area (Å²) in [6.45, 7) is 4.68. The number of aromatic nitrogens is 6. The number of pyridine rings is 1. The number of methoxy groups -OCH3 is 1. The summed E-state index contributed by atoms with van der Waals surface area (Å²) in [4.78, 5) is 35.6. The normalized spacial score (nSPS) is 19.8. The Hall–Kier alpha value is -4.35. The number of piperazine rings is 1. The third kappa shape index (κ3) is 5.02. The van der Waals surface area contributed by atoms with Crippen molar-refractivity contribution in [1.29, 1.82) is 0 Å². The molecule has 2 saturated heterocycles. The van der Waals surface area contributed by atoms with Gasteiger partial charge in [0.05, 0.1) is 55.0 Å². The summed E-state index contributed by atoms with van der Waals surface area (Å²) in [6.07, 6.45) is 6.54. The molecule has 1 aromatic carbocycles.